The lowest BCUT2D eigenvalue weighted by molar-refractivity contribution is -0.123. The van der Waals surface area contributed by atoms with Crippen LogP contribution >= 0.6 is 0 Å². The third kappa shape index (κ3) is 9.87. The van der Waals surface area contributed by atoms with Gasteiger partial charge in [-0.05, 0) is 51.6 Å². The zero-order chi connectivity index (χ0) is 19.9. The second-order valence-corrected chi connectivity index (χ2v) is 8.42. The van der Waals surface area contributed by atoms with Crippen molar-refractivity contribution in [3.8, 4) is 0 Å². The number of hydrogen-bond acceptors (Lipinski definition) is 4. The molecule has 2 amide bonds. The van der Waals surface area contributed by atoms with E-state index in [0.717, 1.165) is 64.7 Å². The van der Waals surface area contributed by atoms with Crippen LogP contribution in [0.3, 0.4) is 0 Å². The smallest absolute Gasteiger partial charge is 0.237 e. The third-order valence-corrected chi connectivity index (χ3v) is 5.96. The third-order valence-electron chi connectivity index (χ3n) is 5.96. The molecule has 6 heteroatoms. The molecule has 0 aliphatic carbocycles. The van der Waals surface area contributed by atoms with E-state index in [1.54, 1.807) is 0 Å². The van der Waals surface area contributed by atoms with E-state index in [2.05, 4.69) is 21.3 Å². The molecular weight excluding hydrogens is 352 g/mol. The van der Waals surface area contributed by atoms with E-state index in [9.17, 15) is 9.59 Å². The SMILES string of the molecule is O=C(NCCCCCCCCCCCCNC(=O)[C@H]1CCCN1)[C@H]1CCCN1. The number of unbranched alkanes of at least 4 members (excludes halogenated alkanes) is 9. The van der Waals surface area contributed by atoms with Crippen LogP contribution in [0.1, 0.15) is 89.9 Å². The van der Waals surface area contributed by atoms with Crippen LogP contribution < -0.4 is 21.3 Å². The minimum Gasteiger partial charge on any atom is -0.355 e. The summed E-state index contributed by atoms with van der Waals surface area (Å²) in [6.07, 6.45) is 16.6. The van der Waals surface area contributed by atoms with Crippen LogP contribution in [-0.2, 0) is 9.59 Å². The number of carbonyl (C=O) groups excluding carboxylic acids is 2. The molecule has 2 aliphatic heterocycles. The summed E-state index contributed by atoms with van der Waals surface area (Å²) < 4.78 is 0. The maximum atomic E-state index is 11.8. The van der Waals surface area contributed by atoms with Gasteiger partial charge < -0.3 is 21.3 Å². The Kier molecular flexibility index (Phi) is 12.2. The van der Waals surface area contributed by atoms with Crippen LogP contribution in [0.4, 0.5) is 0 Å². The summed E-state index contributed by atoms with van der Waals surface area (Å²) in [5.41, 5.74) is 0. The Morgan fingerprint density at radius 3 is 1.29 bits per heavy atom. The molecule has 0 aromatic carbocycles. The summed E-state index contributed by atoms with van der Waals surface area (Å²) in [6.45, 7) is 3.61. The summed E-state index contributed by atoms with van der Waals surface area (Å²) in [5.74, 6) is 0.375. The number of carbonyl (C=O) groups is 2. The summed E-state index contributed by atoms with van der Waals surface area (Å²) in [7, 11) is 0. The first-order valence-electron chi connectivity index (χ1n) is 11.8. The van der Waals surface area contributed by atoms with Crippen molar-refractivity contribution in [2.45, 2.75) is 102 Å². The zero-order valence-corrected chi connectivity index (χ0v) is 17.7. The molecule has 2 atom stereocenters. The first-order chi connectivity index (χ1) is 13.8. The highest BCUT2D eigenvalue weighted by atomic mass is 16.2. The molecule has 2 aliphatic rings. The fraction of sp³-hybridized carbons (Fsp3) is 0.909. The van der Waals surface area contributed by atoms with Crippen LogP contribution in [0.25, 0.3) is 0 Å². The molecule has 2 saturated heterocycles. The maximum absolute atomic E-state index is 11.8. The predicted octanol–water partition coefficient (Wildman–Crippen LogP) is 2.62. The van der Waals surface area contributed by atoms with E-state index >= 15 is 0 Å². The Morgan fingerprint density at radius 1 is 0.607 bits per heavy atom. The van der Waals surface area contributed by atoms with E-state index in [4.69, 9.17) is 0 Å². The molecule has 0 aromatic rings. The van der Waals surface area contributed by atoms with Crippen molar-refractivity contribution in [2.24, 2.45) is 0 Å². The minimum absolute atomic E-state index is 0.0561. The van der Waals surface area contributed by atoms with Gasteiger partial charge in [0, 0.05) is 13.1 Å². The quantitative estimate of drug-likeness (QED) is 0.322. The molecule has 28 heavy (non-hydrogen) atoms. The molecule has 6 nitrogen and oxygen atoms in total. The van der Waals surface area contributed by atoms with Crippen LogP contribution in [0, 0.1) is 0 Å². The molecule has 4 N–H and O–H groups in total. The summed E-state index contributed by atoms with van der Waals surface area (Å²) >= 11 is 0. The average molecular weight is 395 g/mol. The Hall–Kier alpha value is -1.14. The molecule has 2 fully saturated rings. The van der Waals surface area contributed by atoms with Gasteiger partial charge in [-0.15, -0.1) is 0 Å². The molecule has 0 aromatic heterocycles. The van der Waals surface area contributed by atoms with E-state index in [1.807, 2.05) is 0 Å². The largest absolute Gasteiger partial charge is 0.355 e. The van der Waals surface area contributed by atoms with Gasteiger partial charge in [-0.2, -0.15) is 0 Å². The maximum Gasteiger partial charge on any atom is 0.237 e. The van der Waals surface area contributed by atoms with Gasteiger partial charge in [0.15, 0.2) is 0 Å². The highest BCUT2D eigenvalue weighted by molar-refractivity contribution is 5.82. The topological polar surface area (TPSA) is 82.3 Å². The van der Waals surface area contributed by atoms with Gasteiger partial charge in [0.25, 0.3) is 0 Å². The van der Waals surface area contributed by atoms with Crippen molar-refractivity contribution >= 4 is 11.8 Å². The molecule has 162 valence electrons. The molecule has 2 heterocycles. The molecule has 2 rings (SSSR count). The average Bonchev–Trinajstić information content (AvgIpc) is 3.41. The highest BCUT2D eigenvalue weighted by Crippen LogP contribution is 2.11. The van der Waals surface area contributed by atoms with Crippen LogP contribution in [0.2, 0.25) is 0 Å². The second-order valence-electron chi connectivity index (χ2n) is 8.42. The monoisotopic (exact) mass is 394 g/mol. The van der Waals surface area contributed by atoms with Gasteiger partial charge in [-0.3, -0.25) is 9.59 Å². The van der Waals surface area contributed by atoms with Crippen LogP contribution in [0.15, 0.2) is 0 Å². The molecule has 0 radical (unpaired) electrons. The molecule has 0 saturated carbocycles. The van der Waals surface area contributed by atoms with E-state index in [1.165, 1.54) is 51.4 Å². The zero-order valence-electron chi connectivity index (χ0n) is 17.7. The fourth-order valence-corrected chi connectivity index (χ4v) is 4.15. The lowest BCUT2D eigenvalue weighted by atomic mass is 10.1. The Bertz CT molecular complexity index is 392. The summed E-state index contributed by atoms with van der Waals surface area (Å²) in [6, 6.07) is 0.112. The fourth-order valence-electron chi connectivity index (χ4n) is 4.15. The van der Waals surface area contributed by atoms with Crippen LogP contribution in [0.5, 0.6) is 0 Å². The Balaban J connectivity index is 1.26. The lowest BCUT2D eigenvalue weighted by Crippen LogP contribution is -2.40. The van der Waals surface area contributed by atoms with Gasteiger partial charge in [-0.25, -0.2) is 0 Å². The van der Waals surface area contributed by atoms with E-state index in [0.29, 0.717) is 0 Å². The normalized spacial score (nSPS) is 21.7. The van der Waals surface area contributed by atoms with Crippen molar-refractivity contribution in [1.82, 2.24) is 21.3 Å². The van der Waals surface area contributed by atoms with Gasteiger partial charge >= 0.3 is 0 Å². The lowest BCUT2D eigenvalue weighted by Gasteiger charge is -2.11. The first-order valence-corrected chi connectivity index (χ1v) is 11.8. The number of nitrogens with one attached hydrogen (secondary N) is 4. The molecular formula is C22H42N4O2. The van der Waals surface area contributed by atoms with Gasteiger partial charge in [0.05, 0.1) is 12.1 Å². The van der Waals surface area contributed by atoms with Gasteiger partial charge in [0.1, 0.15) is 0 Å². The van der Waals surface area contributed by atoms with E-state index < -0.39 is 0 Å². The van der Waals surface area contributed by atoms with Crippen LogP contribution in [-0.4, -0.2) is 50.1 Å². The number of rotatable bonds is 15. The minimum atomic E-state index is 0.0561. The predicted molar refractivity (Wildman–Crippen MR) is 114 cm³/mol. The van der Waals surface area contributed by atoms with Crippen molar-refractivity contribution in [3.63, 3.8) is 0 Å². The molecule has 0 spiro atoms. The first kappa shape index (κ1) is 23.1. The van der Waals surface area contributed by atoms with Crippen molar-refractivity contribution < 1.29 is 9.59 Å². The number of amides is 2. The Labute approximate surface area is 171 Å². The van der Waals surface area contributed by atoms with Gasteiger partial charge in [0.2, 0.25) is 11.8 Å². The standard InChI is InChI=1S/C22H42N4O2/c27-21(19-13-11-17-23-19)25-15-9-7-5-3-1-2-4-6-8-10-16-26-22(28)20-14-12-18-24-20/h19-20,23-24H,1-18H2,(H,25,27)(H,26,28)/t19-,20-/m1/s1. The van der Waals surface area contributed by atoms with Gasteiger partial charge in [-0.1, -0.05) is 51.4 Å². The molecule has 0 bridgehead atoms. The van der Waals surface area contributed by atoms with Crippen molar-refractivity contribution in [3.05, 3.63) is 0 Å². The Morgan fingerprint density at radius 2 is 0.964 bits per heavy atom. The second kappa shape index (κ2) is 14.8. The highest BCUT2D eigenvalue weighted by Gasteiger charge is 2.21. The molecule has 0 unspecified atom stereocenters. The number of hydrogen-bond donors (Lipinski definition) is 4. The van der Waals surface area contributed by atoms with Crippen molar-refractivity contribution in [1.29, 1.82) is 0 Å². The summed E-state index contributed by atoms with van der Waals surface area (Å²) in [5, 5.41) is 12.6. The van der Waals surface area contributed by atoms with E-state index in [-0.39, 0.29) is 23.9 Å². The van der Waals surface area contributed by atoms with Crippen molar-refractivity contribution in [2.75, 3.05) is 26.2 Å². The summed E-state index contributed by atoms with van der Waals surface area (Å²) in [4.78, 5) is 23.7.